The van der Waals surface area contributed by atoms with Crippen LogP contribution in [0, 0.1) is 6.92 Å². The lowest BCUT2D eigenvalue weighted by molar-refractivity contribution is 0.0975. The van der Waals surface area contributed by atoms with E-state index in [2.05, 4.69) is 19.7 Å². The van der Waals surface area contributed by atoms with Crippen molar-refractivity contribution in [1.29, 1.82) is 0 Å². The zero-order chi connectivity index (χ0) is 29.4. The van der Waals surface area contributed by atoms with Crippen molar-refractivity contribution in [2.75, 3.05) is 32.2 Å². The van der Waals surface area contributed by atoms with Crippen molar-refractivity contribution in [3.8, 4) is 32.6 Å². The number of benzene rings is 1. The number of sulfonamides is 1. The molecule has 5 aromatic rings. The Morgan fingerprint density at radius 3 is 2.67 bits per heavy atom. The summed E-state index contributed by atoms with van der Waals surface area (Å²) >= 11 is 3.10. The maximum atomic E-state index is 13.6. The molecule has 10 nitrogen and oxygen atoms in total. The number of carbonyl (C=O) groups is 1. The number of carbonyl (C=O) groups excluding carboxylic acids is 1. The molecule has 8 bridgehead atoms. The second-order valence-electron chi connectivity index (χ2n) is 9.53. The Hall–Kier alpha value is -3.91. The summed E-state index contributed by atoms with van der Waals surface area (Å²) in [5, 5.41) is 0. The van der Waals surface area contributed by atoms with Gasteiger partial charge in [0.2, 0.25) is 5.88 Å². The fraction of sp³-hybridized carbons (Fsp3) is 0.241. The first-order chi connectivity index (χ1) is 20.3. The molecule has 0 radical (unpaired) electrons. The van der Waals surface area contributed by atoms with Crippen molar-refractivity contribution in [2.24, 2.45) is 0 Å². The third kappa shape index (κ3) is 5.24. The van der Waals surface area contributed by atoms with Crippen LogP contribution >= 0.6 is 22.7 Å². The number of rotatable bonds is 5. The third-order valence-corrected chi connectivity index (χ3v) is 10.7. The normalized spacial score (nSPS) is 14.3. The fourth-order valence-electron chi connectivity index (χ4n) is 4.76. The lowest BCUT2D eigenvalue weighted by Crippen LogP contribution is -2.16. The smallest absolute Gasteiger partial charge is 0.262 e. The van der Waals surface area contributed by atoms with Crippen LogP contribution in [-0.2, 0) is 21.2 Å². The standard InChI is InChI=1S/C29H26N4O6S3/c1-16-25-28-26(32-15-31-25)24-9-5-18(40-24)4-7-22(34)20-13-19(6-8-23(20)39-11-10-37-2)42(35,36)33-21-12-17(27(16)41-28)14-30-29(21)38-3/h5-6,8-9,12-15,33H,4,7,10-11H2,1-3H3. The first-order valence-electron chi connectivity index (χ1n) is 13.0. The zero-order valence-electron chi connectivity index (χ0n) is 23.0. The molecule has 0 fully saturated rings. The van der Waals surface area contributed by atoms with E-state index >= 15 is 0 Å². The second kappa shape index (κ2) is 11.4. The maximum Gasteiger partial charge on any atom is 0.262 e. The van der Waals surface area contributed by atoms with Crippen LogP contribution in [0.4, 0.5) is 5.69 Å². The molecule has 1 aliphatic heterocycles. The number of Topliss-reactive ketones (excluding diaryl/α,β-unsaturated/α-hetero) is 1. The average molecular weight is 623 g/mol. The van der Waals surface area contributed by atoms with Crippen LogP contribution in [0.15, 0.2) is 53.8 Å². The molecule has 1 aromatic carbocycles. The number of pyridine rings is 1. The van der Waals surface area contributed by atoms with Crippen LogP contribution in [0.1, 0.15) is 27.2 Å². The number of ketones is 1. The first-order valence-corrected chi connectivity index (χ1v) is 16.1. The largest absolute Gasteiger partial charge is 0.490 e. The lowest BCUT2D eigenvalue weighted by Gasteiger charge is -2.15. The third-order valence-electron chi connectivity index (χ3n) is 6.86. The number of fused-ring (bicyclic) bond motifs is 9. The van der Waals surface area contributed by atoms with Gasteiger partial charge in [0.25, 0.3) is 10.0 Å². The molecule has 0 atom stereocenters. The molecular formula is C29H26N4O6S3. The molecule has 0 amide bonds. The Labute approximate surface area is 250 Å². The summed E-state index contributed by atoms with van der Waals surface area (Å²) in [4.78, 5) is 29.8. The number of aryl methyl sites for hydroxylation is 2. The van der Waals surface area contributed by atoms with Crippen molar-refractivity contribution in [1.82, 2.24) is 15.0 Å². The first kappa shape index (κ1) is 28.2. The summed E-state index contributed by atoms with van der Waals surface area (Å²) in [6.45, 7) is 2.50. The van der Waals surface area contributed by atoms with Gasteiger partial charge in [-0.05, 0) is 55.3 Å². The molecule has 0 aliphatic carbocycles. The summed E-state index contributed by atoms with van der Waals surface area (Å²) in [5.41, 5.74) is 3.61. The minimum Gasteiger partial charge on any atom is -0.490 e. The van der Waals surface area contributed by atoms with Gasteiger partial charge in [0, 0.05) is 35.0 Å². The highest BCUT2D eigenvalue weighted by atomic mass is 32.2. The lowest BCUT2D eigenvalue weighted by atomic mass is 10.0. The molecule has 13 heteroatoms. The average Bonchev–Trinajstić information content (AvgIpc) is 3.60. The van der Waals surface area contributed by atoms with Gasteiger partial charge in [-0.25, -0.2) is 23.4 Å². The Bertz CT molecular complexity index is 1930. The number of nitrogens with one attached hydrogen (secondary N) is 1. The SMILES string of the molecule is COCCOc1ccc2cc1C(=O)CCc1ccc(s1)-c1ncnc3c(C)c(sc13)-c1cnc(OC)c(c1)NS2(=O)=O. The van der Waals surface area contributed by atoms with Gasteiger partial charge in [0.05, 0.1) is 39.3 Å². The highest BCUT2D eigenvalue weighted by molar-refractivity contribution is 7.92. The molecule has 42 heavy (non-hydrogen) atoms. The van der Waals surface area contributed by atoms with Crippen LogP contribution < -0.4 is 14.2 Å². The number of aromatic nitrogens is 3. The molecule has 216 valence electrons. The van der Waals surface area contributed by atoms with Crippen LogP contribution in [0.3, 0.4) is 0 Å². The van der Waals surface area contributed by atoms with E-state index in [9.17, 15) is 13.2 Å². The van der Waals surface area contributed by atoms with Crippen molar-refractivity contribution in [3.05, 3.63) is 64.9 Å². The highest BCUT2D eigenvalue weighted by Gasteiger charge is 2.24. The Morgan fingerprint density at radius 1 is 1.00 bits per heavy atom. The molecular weight excluding hydrogens is 597 g/mol. The van der Waals surface area contributed by atoms with Gasteiger partial charge in [0.15, 0.2) is 5.78 Å². The fourth-order valence-corrected chi connectivity index (χ4v) is 8.15. The van der Waals surface area contributed by atoms with Gasteiger partial charge in [-0.1, -0.05) is 0 Å². The monoisotopic (exact) mass is 622 g/mol. The summed E-state index contributed by atoms with van der Waals surface area (Å²) in [6, 6.07) is 9.96. The summed E-state index contributed by atoms with van der Waals surface area (Å²) in [7, 11) is -1.18. The van der Waals surface area contributed by atoms with E-state index in [0.717, 1.165) is 36.1 Å². The molecule has 1 aliphatic rings. The predicted octanol–water partition coefficient (Wildman–Crippen LogP) is 5.75. The van der Waals surface area contributed by atoms with Gasteiger partial charge in [-0.2, -0.15) is 0 Å². The second-order valence-corrected chi connectivity index (χ2v) is 13.4. The number of hydrogen-bond donors (Lipinski definition) is 1. The van der Waals surface area contributed by atoms with Crippen LogP contribution in [-0.4, -0.2) is 56.6 Å². The van der Waals surface area contributed by atoms with Crippen molar-refractivity contribution < 1.29 is 27.4 Å². The van der Waals surface area contributed by atoms with Crippen LogP contribution in [0.5, 0.6) is 11.6 Å². The van der Waals surface area contributed by atoms with E-state index < -0.39 is 10.0 Å². The van der Waals surface area contributed by atoms with E-state index in [4.69, 9.17) is 14.2 Å². The van der Waals surface area contributed by atoms with Gasteiger partial charge >= 0.3 is 0 Å². The van der Waals surface area contributed by atoms with Gasteiger partial charge in [0.1, 0.15) is 30.1 Å². The van der Waals surface area contributed by atoms with E-state index in [0.29, 0.717) is 24.3 Å². The minimum absolute atomic E-state index is 0.0881. The van der Waals surface area contributed by atoms with Gasteiger partial charge in [-0.15, -0.1) is 22.7 Å². The van der Waals surface area contributed by atoms with Gasteiger partial charge in [-0.3, -0.25) is 9.52 Å². The number of methoxy groups -OCH3 is 2. The van der Waals surface area contributed by atoms with E-state index in [-0.39, 0.29) is 40.8 Å². The molecule has 0 saturated heterocycles. The summed E-state index contributed by atoms with van der Waals surface area (Å²) in [6.07, 6.45) is 3.84. The van der Waals surface area contributed by atoms with E-state index in [1.165, 1.54) is 36.6 Å². The van der Waals surface area contributed by atoms with Crippen molar-refractivity contribution >= 4 is 54.4 Å². The maximum absolute atomic E-state index is 13.6. The molecule has 4 aromatic heterocycles. The minimum atomic E-state index is -4.15. The molecule has 0 spiro atoms. The summed E-state index contributed by atoms with van der Waals surface area (Å²) < 4.78 is 47.1. The van der Waals surface area contributed by atoms with Crippen molar-refractivity contribution in [3.63, 3.8) is 0 Å². The molecule has 0 saturated carbocycles. The number of ether oxygens (including phenoxy) is 3. The van der Waals surface area contributed by atoms with E-state index in [1.54, 1.807) is 37.0 Å². The Kier molecular flexibility index (Phi) is 7.66. The predicted molar refractivity (Wildman–Crippen MR) is 163 cm³/mol. The number of hydrogen-bond acceptors (Lipinski definition) is 11. The molecule has 6 rings (SSSR count). The van der Waals surface area contributed by atoms with Crippen LogP contribution in [0.2, 0.25) is 0 Å². The van der Waals surface area contributed by atoms with Crippen molar-refractivity contribution in [2.45, 2.75) is 24.7 Å². The highest BCUT2D eigenvalue weighted by Crippen LogP contribution is 2.43. The Balaban J connectivity index is 1.54. The van der Waals surface area contributed by atoms with E-state index in [1.807, 2.05) is 19.1 Å². The number of thiophene rings is 2. The summed E-state index contributed by atoms with van der Waals surface area (Å²) in [5.74, 6) is 0.169. The molecule has 5 heterocycles. The topological polar surface area (TPSA) is 130 Å². The van der Waals surface area contributed by atoms with Crippen LogP contribution in [0.25, 0.3) is 31.2 Å². The van der Waals surface area contributed by atoms with Gasteiger partial charge < -0.3 is 14.2 Å². The Morgan fingerprint density at radius 2 is 1.86 bits per heavy atom. The number of anilines is 1. The molecule has 0 unspecified atom stereocenters. The quantitative estimate of drug-likeness (QED) is 0.243. The zero-order valence-corrected chi connectivity index (χ0v) is 25.4. The number of nitrogens with zero attached hydrogens (tertiary/aromatic N) is 3. The molecule has 1 N–H and O–H groups in total.